The van der Waals surface area contributed by atoms with Crippen LogP contribution in [0, 0.1) is 0 Å². The number of piperazine rings is 2. The number of halogens is 4. The van der Waals surface area contributed by atoms with Gasteiger partial charge in [-0.2, -0.15) is 13.2 Å². The van der Waals surface area contributed by atoms with Crippen molar-refractivity contribution in [3.63, 3.8) is 0 Å². The fourth-order valence-corrected chi connectivity index (χ4v) is 4.12. The van der Waals surface area contributed by atoms with Gasteiger partial charge in [-0.1, -0.05) is 6.07 Å². The molecule has 0 saturated carbocycles. The highest BCUT2D eigenvalue weighted by atomic mass is 127. The summed E-state index contributed by atoms with van der Waals surface area (Å²) < 4.78 is 39.0. The Morgan fingerprint density at radius 2 is 1.69 bits per heavy atom. The zero-order chi connectivity index (χ0) is 22.3. The van der Waals surface area contributed by atoms with Crippen LogP contribution < -0.4 is 10.2 Å². The molecule has 1 aromatic carbocycles. The summed E-state index contributed by atoms with van der Waals surface area (Å²) in [4.78, 5) is 13.5. The van der Waals surface area contributed by atoms with Crippen molar-refractivity contribution in [1.29, 1.82) is 0 Å². The number of alkyl halides is 3. The van der Waals surface area contributed by atoms with E-state index in [4.69, 9.17) is 0 Å². The third-order valence-corrected chi connectivity index (χ3v) is 6.11. The van der Waals surface area contributed by atoms with Gasteiger partial charge in [0, 0.05) is 71.6 Å². The van der Waals surface area contributed by atoms with E-state index < -0.39 is 11.7 Å². The molecule has 2 fully saturated rings. The van der Waals surface area contributed by atoms with E-state index >= 15 is 0 Å². The molecule has 0 atom stereocenters. The molecule has 2 heterocycles. The molecule has 6 nitrogen and oxygen atoms in total. The molecule has 10 heteroatoms. The summed E-state index contributed by atoms with van der Waals surface area (Å²) in [5.74, 6) is 0.878. The molecular formula is C22H36F3IN6. The van der Waals surface area contributed by atoms with Crippen LogP contribution in [-0.4, -0.2) is 100 Å². The van der Waals surface area contributed by atoms with Crippen molar-refractivity contribution >= 4 is 35.6 Å². The van der Waals surface area contributed by atoms with Gasteiger partial charge >= 0.3 is 6.18 Å². The molecule has 1 aromatic rings. The standard InChI is InChI=1S/C22H35F3N6.HI/c1-26-21(27-8-3-4-9-29-12-10-28(2)11-13-29)31-16-14-30(15-17-31)20-7-5-6-19(18-20)22(23,24)25;/h5-7,18H,3-4,8-17H2,1-2H3,(H,26,27);1H. The Balaban J connectivity index is 0.00000363. The number of benzene rings is 1. The first-order valence-corrected chi connectivity index (χ1v) is 11.2. The number of likely N-dealkylation sites (N-methyl/N-ethyl adjacent to an activating group) is 1. The third-order valence-electron chi connectivity index (χ3n) is 6.11. The van der Waals surface area contributed by atoms with Gasteiger partial charge in [0.25, 0.3) is 0 Å². The SMILES string of the molecule is CN=C(NCCCCN1CCN(C)CC1)N1CCN(c2cccc(C(F)(F)F)c2)CC1.I. The number of aliphatic imine (C=N–C) groups is 1. The molecule has 32 heavy (non-hydrogen) atoms. The normalized spacial score (nSPS) is 19.1. The molecule has 0 unspecified atom stereocenters. The van der Waals surface area contributed by atoms with E-state index in [9.17, 15) is 13.2 Å². The Bertz CT molecular complexity index is 714. The lowest BCUT2D eigenvalue weighted by atomic mass is 10.1. The zero-order valence-corrected chi connectivity index (χ0v) is 21.4. The van der Waals surface area contributed by atoms with Crippen LogP contribution in [0.5, 0.6) is 0 Å². The number of hydrogen-bond donors (Lipinski definition) is 1. The lowest BCUT2D eigenvalue weighted by molar-refractivity contribution is -0.137. The van der Waals surface area contributed by atoms with Gasteiger partial charge < -0.3 is 24.9 Å². The van der Waals surface area contributed by atoms with Crippen LogP contribution >= 0.6 is 24.0 Å². The second-order valence-electron chi connectivity index (χ2n) is 8.35. The number of hydrogen-bond acceptors (Lipinski definition) is 4. The minimum absolute atomic E-state index is 0. The van der Waals surface area contributed by atoms with Crippen LogP contribution in [0.2, 0.25) is 0 Å². The summed E-state index contributed by atoms with van der Waals surface area (Å²) in [6, 6.07) is 5.59. The van der Waals surface area contributed by atoms with Gasteiger partial charge in [0.05, 0.1) is 5.56 Å². The van der Waals surface area contributed by atoms with Gasteiger partial charge in [0.1, 0.15) is 0 Å². The van der Waals surface area contributed by atoms with Gasteiger partial charge in [-0.05, 0) is 44.6 Å². The summed E-state index contributed by atoms with van der Waals surface area (Å²) in [6.07, 6.45) is -2.05. The van der Waals surface area contributed by atoms with Gasteiger partial charge in [0.2, 0.25) is 0 Å². The van der Waals surface area contributed by atoms with Gasteiger partial charge in [-0.15, -0.1) is 24.0 Å². The summed E-state index contributed by atoms with van der Waals surface area (Å²) in [5, 5.41) is 3.45. The van der Waals surface area contributed by atoms with Crippen molar-refractivity contribution in [3.05, 3.63) is 29.8 Å². The Kier molecular flexibility index (Phi) is 10.8. The molecule has 3 rings (SSSR count). The average Bonchev–Trinajstić information content (AvgIpc) is 2.77. The molecule has 0 bridgehead atoms. The van der Waals surface area contributed by atoms with Crippen molar-refractivity contribution < 1.29 is 13.2 Å². The largest absolute Gasteiger partial charge is 0.416 e. The van der Waals surface area contributed by atoms with Crippen molar-refractivity contribution in [2.45, 2.75) is 19.0 Å². The average molecular weight is 568 g/mol. The van der Waals surface area contributed by atoms with E-state index in [0.717, 1.165) is 77.2 Å². The Labute approximate surface area is 206 Å². The molecule has 0 radical (unpaired) electrons. The first kappa shape index (κ1) is 27.0. The maximum atomic E-state index is 13.0. The predicted octanol–water partition coefficient (Wildman–Crippen LogP) is 3.05. The fraction of sp³-hybridized carbons (Fsp3) is 0.682. The summed E-state index contributed by atoms with van der Waals surface area (Å²) in [7, 11) is 3.96. The smallest absolute Gasteiger partial charge is 0.368 e. The van der Waals surface area contributed by atoms with Crippen molar-refractivity contribution in [1.82, 2.24) is 20.0 Å². The first-order valence-electron chi connectivity index (χ1n) is 11.2. The second kappa shape index (κ2) is 12.8. The van der Waals surface area contributed by atoms with E-state index in [1.807, 2.05) is 4.90 Å². The van der Waals surface area contributed by atoms with Gasteiger partial charge in [0.15, 0.2) is 5.96 Å². The number of nitrogens with one attached hydrogen (secondary N) is 1. The van der Waals surface area contributed by atoms with Crippen LogP contribution in [0.25, 0.3) is 0 Å². The van der Waals surface area contributed by atoms with Crippen LogP contribution in [0.3, 0.4) is 0 Å². The van der Waals surface area contributed by atoms with Crippen LogP contribution in [-0.2, 0) is 6.18 Å². The third kappa shape index (κ3) is 7.95. The quantitative estimate of drug-likeness (QED) is 0.247. The molecule has 1 N–H and O–H groups in total. The zero-order valence-electron chi connectivity index (χ0n) is 19.1. The highest BCUT2D eigenvalue weighted by Crippen LogP contribution is 2.31. The molecule has 0 amide bonds. The summed E-state index contributed by atoms with van der Waals surface area (Å²) in [6.45, 7) is 9.45. The number of anilines is 1. The Morgan fingerprint density at radius 3 is 2.31 bits per heavy atom. The van der Waals surface area contributed by atoms with Crippen LogP contribution in [0.1, 0.15) is 18.4 Å². The number of unbranched alkanes of at least 4 members (excludes halogenated alkanes) is 1. The molecular weight excluding hydrogens is 532 g/mol. The first-order chi connectivity index (χ1) is 14.9. The number of guanidine groups is 1. The molecule has 2 aliphatic heterocycles. The Hall–Kier alpha value is -1.27. The van der Waals surface area contributed by atoms with E-state index in [2.05, 4.69) is 32.1 Å². The van der Waals surface area contributed by atoms with E-state index in [1.54, 1.807) is 13.1 Å². The molecule has 0 aliphatic carbocycles. The topological polar surface area (TPSA) is 37.4 Å². The predicted molar refractivity (Wildman–Crippen MR) is 135 cm³/mol. The van der Waals surface area contributed by atoms with E-state index in [1.165, 1.54) is 12.1 Å². The minimum atomic E-state index is -4.31. The highest BCUT2D eigenvalue weighted by Gasteiger charge is 2.31. The lowest BCUT2D eigenvalue weighted by Gasteiger charge is -2.38. The molecule has 2 aliphatic rings. The summed E-state index contributed by atoms with van der Waals surface area (Å²) in [5.41, 5.74) is 0.0304. The van der Waals surface area contributed by atoms with Crippen molar-refractivity contribution in [2.75, 3.05) is 84.4 Å². The van der Waals surface area contributed by atoms with Gasteiger partial charge in [-0.3, -0.25) is 4.99 Å². The molecule has 0 spiro atoms. The van der Waals surface area contributed by atoms with Gasteiger partial charge in [-0.25, -0.2) is 0 Å². The second-order valence-corrected chi connectivity index (χ2v) is 8.35. The lowest BCUT2D eigenvalue weighted by Crippen LogP contribution is -2.52. The Morgan fingerprint density at radius 1 is 1.00 bits per heavy atom. The summed E-state index contributed by atoms with van der Waals surface area (Å²) >= 11 is 0. The molecule has 2 saturated heterocycles. The fourth-order valence-electron chi connectivity index (χ4n) is 4.12. The maximum Gasteiger partial charge on any atom is 0.416 e. The van der Waals surface area contributed by atoms with Crippen molar-refractivity contribution in [2.24, 2.45) is 4.99 Å². The maximum absolute atomic E-state index is 13.0. The van der Waals surface area contributed by atoms with E-state index in [0.29, 0.717) is 18.8 Å². The molecule has 182 valence electrons. The van der Waals surface area contributed by atoms with E-state index in [-0.39, 0.29) is 24.0 Å². The monoisotopic (exact) mass is 568 g/mol. The number of rotatable bonds is 6. The molecule has 0 aromatic heterocycles. The number of nitrogens with zero attached hydrogens (tertiary/aromatic N) is 5. The van der Waals surface area contributed by atoms with Crippen molar-refractivity contribution in [3.8, 4) is 0 Å². The van der Waals surface area contributed by atoms with Crippen LogP contribution in [0.4, 0.5) is 18.9 Å². The highest BCUT2D eigenvalue weighted by molar-refractivity contribution is 14.0. The van der Waals surface area contributed by atoms with Crippen LogP contribution in [0.15, 0.2) is 29.3 Å². The minimum Gasteiger partial charge on any atom is -0.368 e.